The number of carbonyl (C=O) groups excluding carboxylic acids is 1. The number of aromatic nitrogens is 3. The number of aryl methyl sites for hydroxylation is 1. The lowest BCUT2D eigenvalue weighted by atomic mass is 10.1. The molecule has 2 aromatic heterocycles. The first-order valence-corrected chi connectivity index (χ1v) is 7.71. The number of nitrogens with one attached hydrogen (secondary N) is 2. The smallest absolute Gasteiger partial charge is 0.322 e. The van der Waals surface area contributed by atoms with Gasteiger partial charge in [-0.05, 0) is 33.8 Å². The third kappa shape index (κ3) is 4.28. The number of carbonyl (C=O) groups is 1. The van der Waals surface area contributed by atoms with Crippen molar-refractivity contribution in [3.05, 3.63) is 41.5 Å². The van der Waals surface area contributed by atoms with E-state index in [2.05, 4.69) is 15.4 Å². The molecule has 0 aliphatic rings. The van der Waals surface area contributed by atoms with Crippen molar-refractivity contribution in [1.82, 2.24) is 20.1 Å². The number of nitrogens with zero attached hydrogens (tertiary/aromatic N) is 3. The highest BCUT2D eigenvalue weighted by Crippen LogP contribution is 2.32. The van der Waals surface area contributed by atoms with Gasteiger partial charge >= 0.3 is 12.2 Å². The van der Waals surface area contributed by atoms with Crippen molar-refractivity contribution in [1.29, 1.82) is 0 Å². The Hall–Kier alpha value is -2.58. The molecule has 0 aliphatic heterocycles. The zero-order valence-corrected chi connectivity index (χ0v) is 14.3. The van der Waals surface area contributed by atoms with Gasteiger partial charge in [-0.2, -0.15) is 18.3 Å². The molecule has 0 aliphatic carbocycles. The Morgan fingerprint density at radius 3 is 2.44 bits per heavy atom. The number of hydrogen-bond donors (Lipinski definition) is 2. The van der Waals surface area contributed by atoms with Crippen LogP contribution >= 0.6 is 0 Å². The van der Waals surface area contributed by atoms with E-state index in [1.54, 1.807) is 18.5 Å². The van der Waals surface area contributed by atoms with Crippen LogP contribution in [0.5, 0.6) is 0 Å². The van der Waals surface area contributed by atoms with Gasteiger partial charge in [-0.15, -0.1) is 0 Å². The molecule has 2 aromatic rings. The molecule has 25 heavy (non-hydrogen) atoms. The van der Waals surface area contributed by atoms with Crippen LogP contribution in [0.4, 0.5) is 23.7 Å². The van der Waals surface area contributed by atoms with Gasteiger partial charge in [0.25, 0.3) is 0 Å². The third-order valence-corrected chi connectivity index (χ3v) is 3.67. The summed E-state index contributed by atoms with van der Waals surface area (Å²) in [5.41, 5.74) is 1.47. The molecule has 9 heteroatoms. The molecule has 0 unspecified atom stereocenters. The summed E-state index contributed by atoms with van der Waals surface area (Å²) in [4.78, 5) is 15.8. The molecule has 2 amide bonds. The van der Waals surface area contributed by atoms with Crippen LogP contribution in [0, 0.1) is 13.8 Å². The van der Waals surface area contributed by atoms with Gasteiger partial charge in [0.05, 0.1) is 17.1 Å². The number of amides is 2. The summed E-state index contributed by atoms with van der Waals surface area (Å²) in [5, 5.41) is 8.73. The van der Waals surface area contributed by atoms with Gasteiger partial charge in [0.1, 0.15) is 0 Å². The Balaban J connectivity index is 2.21. The summed E-state index contributed by atoms with van der Waals surface area (Å²) < 4.78 is 41.6. The molecule has 1 atom stereocenters. The van der Waals surface area contributed by atoms with Crippen molar-refractivity contribution in [3.8, 4) is 0 Å². The zero-order valence-electron chi connectivity index (χ0n) is 14.3. The minimum atomic E-state index is -4.65. The minimum absolute atomic E-state index is 0.0654. The van der Waals surface area contributed by atoms with E-state index in [0.29, 0.717) is 17.1 Å². The maximum absolute atomic E-state index is 13.3. The predicted octanol–water partition coefficient (Wildman–Crippen LogP) is 3.90. The lowest BCUT2D eigenvalue weighted by molar-refractivity contribution is -0.154. The molecule has 2 heterocycles. The first-order chi connectivity index (χ1) is 11.6. The van der Waals surface area contributed by atoms with Crippen LogP contribution in [0.25, 0.3) is 0 Å². The van der Waals surface area contributed by atoms with Crippen molar-refractivity contribution in [2.45, 2.75) is 46.0 Å². The Morgan fingerprint density at radius 1 is 1.28 bits per heavy atom. The molecule has 2 rings (SSSR count). The number of halogens is 3. The second-order valence-electron chi connectivity index (χ2n) is 5.94. The standard InChI is InChI=1S/C16H20F3N5O/c1-9(2)24-11(4)13(10(3)23-24)21-15(25)22-14(16(17,18)19)12-6-5-7-20-8-12/h5-9,14H,1-4H3,(H2,21,22,25)/t14-/m1/s1. The summed E-state index contributed by atoms with van der Waals surface area (Å²) in [6.45, 7) is 7.28. The largest absolute Gasteiger partial charge is 0.412 e. The summed E-state index contributed by atoms with van der Waals surface area (Å²) in [6.07, 6.45) is -2.21. The van der Waals surface area contributed by atoms with Crippen molar-refractivity contribution < 1.29 is 18.0 Å². The molecule has 6 nitrogen and oxygen atoms in total. The van der Waals surface area contributed by atoms with Crippen LogP contribution in [0.2, 0.25) is 0 Å². The maximum atomic E-state index is 13.3. The lowest BCUT2D eigenvalue weighted by Crippen LogP contribution is -2.40. The average molecular weight is 355 g/mol. The third-order valence-electron chi connectivity index (χ3n) is 3.67. The van der Waals surface area contributed by atoms with Crippen LogP contribution < -0.4 is 10.6 Å². The lowest BCUT2D eigenvalue weighted by Gasteiger charge is -2.22. The summed E-state index contributed by atoms with van der Waals surface area (Å²) in [7, 11) is 0. The van der Waals surface area contributed by atoms with Crippen LogP contribution in [0.15, 0.2) is 24.5 Å². The maximum Gasteiger partial charge on any atom is 0.412 e. The highest BCUT2D eigenvalue weighted by Gasteiger charge is 2.42. The number of rotatable bonds is 4. The highest BCUT2D eigenvalue weighted by molar-refractivity contribution is 5.90. The fourth-order valence-electron chi connectivity index (χ4n) is 2.53. The van der Waals surface area contributed by atoms with E-state index < -0.39 is 18.2 Å². The van der Waals surface area contributed by atoms with Gasteiger partial charge in [0.15, 0.2) is 6.04 Å². The van der Waals surface area contributed by atoms with E-state index in [-0.39, 0.29) is 11.6 Å². The average Bonchev–Trinajstić information content (AvgIpc) is 2.80. The second-order valence-corrected chi connectivity index (χ2v) is 5.94. The Bertz CT molecular complexity index is 740. The van der Waals surface area contributed by atoms with Gasteiger partial charge in [-0.25, -0.2) is 4.79 Å². The van der Waals surface area contributed by atoms with Gasteiger partial charge in [0.2, 0.25) is 0 Å². The van der Waals surface area contributed by atoms with Crippen molar-refractivity contribution >= 4 is 11.7 Å². The Morgan fingerprint density at radius 2 is 1.96 bits per heavy atom. The van der Waals surface area contributed by atoms with Gasteiger partial charge in [-0.1, -0.05) is 6.07 Å². The predicted molar refractivity (Wildman–Crippen MR) is 87.3 cm³/mol. The normalized spacial score (nSPS) is 13.0. The highest BCUT2D eigenvalue weighted by atomic mass is 19.4. The molecule has 2 N–H and O–H groups in total. The fourth-order valence-corrected chi connectivity index (χ4v) is 2.53. The minimum Gasteiger partial charge on any atom is -0.322 e. The first kappa shape index (κ1) is 18.8. The molecule has 0 aromatic carbocycles. The molecule has 0 radical (unpaired) electrons. The van der Waals surface area contributed by atoms with E-state index >= 15 is 0 Å². The molecular weight excluding hydrogens is 335 g/mol. The van der Waals surface area contributed by atoms with Gasteiger partial charge < -0.3 is 10.6 Å². The first-order valence-electron chi connectivity index (χ1n) is 7.71. The fraction of sp³-hybridized carbons (Fsp3) is 0.438. The van der Waals surface area contributed by atoms with Crippen LogP contribution in [0.1, 0.15) is 42.9 Å². The van der Waals surface area contributed by atoms with Gasteiger partial charge in [-0.3, -0.25) is 9.67 Å². The topological polar surface area (TPSA) is 71.8 Å². The number of urea groups is 1. The van der Waals surface area contributed by atoms with Crippen LogP contribution in [-0.2, 0) is 0 Å². The number of alkyl halides is 3. The van der Waals surface area contributed by atoms with Gasteiger partial charge in [0, 0.05) is 24.0 Å². The molecule has 0 saturated heterocycles. The van der Waals surface area contributed by atoms with Crippen LogP contribution in [-0.4, -0.2) is 27.0 Å². The van der Waals surface area contributed by atoms with E-state index in [1.807, 2.05) is 19.2 Å². The van der Waals surface area contributed by atoms with E-state index in [1.165, 1.54) is 18.3 Å². The molecule has 136 valence electrons. The molecule has 0 fully saturated rings. The molecule has 0 saturated carbocycles. The SMILES string of the molecule is Cc1nn(C(C)C)c(C)c1NC(=O)N[C@H](c1cccnc1)C(F)(F)F. The summed E-state index contributed by atoms with van der Waals surface area (Å²) in [5.74, 6) is 0. The van der Waals surface area contributed by atoms with E-state index in [0.717, 1.165) is 6.20 Å². The molecule has 0 bridgehead atoms. The zero-order chi connectivity index (χ0) is 18.8. The number of pyridine rings is 1. The van der Waals surface area contributed by atoms with Crippen molar-refractivity contribution in [2.75, 3.05) is 5.32 Å². The monoisotopic (exact) mass is 355 g/mol. The summed E-state index contributed by atoms with van der Waals surface area (Å²) in [6, 6.07) is -0.397. The number of hydrogen-bond acceptors (Lipinski definition) is 3. The quantitative estimate of drug-likeness (QED) is 0.874. The number of anilines is 1. The molecule has 0 spiro atoms. The molecular formula is C16H20F3N5O. The van der Waals surface area contributed by atoms with Crippen molar-refractivity contribution in [3.63, 3.8) is 0 Å². The summed E-state index contributed by atoms with van der Waals surface area (Å²) >= 11 is 0. The second kappa shape index (κ2) is 7.12. The van der Waals surface area contributed by atoms with Crippen LogP contribution in [0.3, 0.4) is 0 Å². The van der Waals surface area contributed by atoms with E-state index in [9.17, 15) is 18.0 Å². The Kier molecular flexibility index (Phi) is 5.34. The van der Waals surface area contributed by atoms with E-state index in [4.69, 9.17) is 0 Å². The van der Waals surface area contributed by atoms with Crippen molar-refractivity contribution in [2.24, 2.45) is 0 Å². The Labute approximate surface area is 143 Å².